The molecule has 110 valence electrons. The standard InChI is InChI=1S/C15H21NO3S/c1-15(2,3)19-14(18)7-9-16-11-8-10-20-12(11)5-4-6-13(16)17/h8,10H,4-7,9H2,1-3H3. The molecule has 1 aliphatic rings. The molecule has 0 aliphatic carbocycles. The normalized spacial score (nSPS) is 15.8. The van der Waals surface area contributed by atoms with Gasteiger partial charge in [0.15, 0.2) is 0 Å². The van der Waals surface area contributed by atoms with E-state index in [1.807, 2.05) is 32.2 Å². The van der Waals surface area contributed by atoms with Crippen molar-refractivity contribution >= 4 is 28.9 Å². The van der Waals surface area contributed by atoms with Crippen LogP contribution in [0.1, 0.15) is 44.9 Å². The van der Waals surface area contributed by atoms with Crippen molar-refractivity contribution in [1.82, 2.24) is 0 Å². The Balaban J connectivity index is 2.01. The molecular weight excluding hydrogens is 274 g/mol. The molecule has 0 N–H and O–H groups in total. The fraction of sp³-hybridized carbons (Fsp3) is 0.600. The van der Waals surface area contributed by atoms with Crippen molar-refractivity contribution < 1.29 is 14.3 Å². The van der Waals surface area contributed by atoms with Crippen LogP contribution in [0.3, 0.4) is 0 Å². The van der Waals surface area contributed by atoms with Crippen LogP contribution in [0.15, 0.2) is 11.4 Å². The Kier molecular flexibility index (Phi) is 4.48. The summed E-state index contributed by atoms with van der Waals surface area (Å²) in [6.07, 6.45) is 2.62. The second-order valence-electron chi connectivity index (χ2n) is 5.96. The summed E-state index contributed by atoms with van der Waals surface area (Å²) in [4.78, 5) is 26.9. The first-order chi connectivity index (χ1) is 9.37. The van der Waals surface area contributed by atoms with Gasteiger partial charge in [-0.05, 0) is 45.1 Å². The predicted octanol–water partition coefficient (Wildman–Crippen LogP) is 3.15. The van der Waals surface area contributed by atoms with Crippen molar-refractivity contribution in [2.45, 2.75) is 52.1 Å². The van der Waals surface area contributed by atoms with Gasteiger partial charge in [-0.1, -0.05) is 0 Å². The lowest BCUT2D eigenvalue weighted by atomic mass is 10.2. The summed E-state index contributed by atoms with van der Waals surface area (Å²) in [7, 11) is 0. The Morgan fingerprint density at radius 1 is 1.40 bits per heavy atom. The predicted molar refractivity (Wildman–Crippen MR) is 80.1 cm³/mol. The first-order valence-electron chi connectivity index (χ1n) is 6.95. The van der Waals surface area contributed by atoms with Crippen molar-refractivity contribution in [3.8, 4) is 0 Å². The van der Waals surface area contributed by atoms with E-state index < -0.39 is 5.60 Å². The van der Waals surface area contributed by atoms with E-state index in [2.05, 4.69) is 0 Å². The Morgan fingerprint density at radius 2 is 2.15 bits per heavy atom. The number of fused-ring (bicyclic) bond motifs is 1. The van der Waals surface area contributed by atoms with E-state index in [1.54, 1.807) is 16.2 Å². The van der Waals surface area contributed by atoms with Crippen LogP contribution in [0.25, 0.3) is 0 Å². The van der Waals surface area contributed by atoms with Crippen LogP contribution in [0.2, 0.25) is 0 Å². The van der Waals surface area contributed by atoms with Crippen LogP contribution in [0.4, 0.5) is 5.69 Å². The van der Waals surface area contributed by atoms with Gasteiger partial charge in [0, 0.05) is 17.8 Å². The molecule has 2 rings (SSSR count). The van der Waals surface area contributed by atoms with Crippen LogP contribution >= 0.6 is 11.3 Å². The maximum Gasteiger partial charge on any atom is 0.308 e. The fourth-order valence-electron chi connectivity index (χ4n) is 2.27. The summed E-state index contributed by atoms with van der Waals surface area (Å²) in [6.45, 7) is 5.94. The first kappa shape index (κ1) is 15.0. The highest BCUT2D eigenvalue weighted by molar-refractivity contribution is 7.10. The van der Waals surface area contributed by atoms with Gasteiger partial charge < -0.3 is 9.64 Å². The van der Waals surface area contributed by atoms with E-state index in [9.17, 15) is 9.59 Å². The number of anilines is 1. The van der Waals surface area contributed by atoms with Gasteiger partial charge in [0.1, 0.15) is 5.60 Å². The van der Waals surface area contributed by atoms with Gasteiger partial charge in [0.05, 0.1) is 12.1 Å². The van der Waals surface area contributed by atoms with Crippen LogP contribution in [0.5, 0.6) is 0 Å². The van der Waals surface area contributed by atoms with Crippen LogP contribution in [-0.2, 0) is 20.7 Å². The molecule has 1 aromatic rings. The molecule has 4 nitrogen and oxygen atoms in total. The second kappa shape index (κ2) is 5.95. The molecule has 2 heterocycles. The van der Waals surface area contributed by atoms with Gasteiger partial charge in [-0.25, -0.2) is 0 Å². The minimum Gasteiger partial charge on any atom is -0.460 e. The van der Waals surface area contributed by atoms with E-state index in [0.717, 1.165) is 18.5 Å². The molecule has 0 radical (unpaired) electrons. The minimum absolute atomic E-state index is 0.103. The first-order valence-corrected chi connectivity index (χ1v) is 7.83. The third-order valence-corrected chi connectivity index (χ3v) is 4.04. The van der Waals surface area contributed by atoms with Crippen LogP contribution < -0.4 is 4.90 Å². The highest BCUT2D eigenvalue weighted by atomic mass is 32.1. The summed E-state index contributed by atoms with van der Waals surface area (Å²) in [5.74, 6) is -0.156. The highest BCUT2D eigenvalue weighted by Crippen LogP contribution is 2.31. The number of hydrogen-bond acceptors (Lipinski definition) is 4. The third-order valence-electron chi connectivity index (χ3n) is 3.07. The molecule has 1 aromatic heterocycles. The zero-order valence-corrected chi connectivity index (χ0v) is 13.1. The van der Waals surface area contributed by atoms with E-state index in [-0.39, 0.29) is 18.3 Å². The second-order valence-corrected chi connectivity index (χ2v) is 6.97. The molecule has 1 aliphatic heterocycles. The maximum absolute atomic E-state index is 12.2. The van der Waals surface area contributed by atoms with E-state index in [4.69, 9.17) is 4.74 Å². The lowest BCUT2D eigenvalue weighted by molar-refractivity contribution is -0.154. The molecule has 0 unspecified atom stereocenters. The highest BCUT2D eigenvalue weighted by Gasteiger charge is 2.24. The number of carbonyl (C=O) groups excluding carboxylic acids is 2. The molecule has 0 atom stereocenters. The summed E-state index contributed by atoms with van der Waals surface area (Å²) in [5.41, 5.74) is 0.494. The zero-order chi connectivity index (χ0) is 14.8. The number of carbonyl (C=O) groups is 2. The Hall–Kier alpha value is -1.36. The average Bonchev–Trinajstić information content (AvgIpc) is 2.70. The largest absolute Gasteiger partial charge is 0.460 e. The van der Waals surface area contributed by atoms with Gasteiger partial charge in [-0.2, -0.15) is 0 Å². The zero-order valence-electron chi connectivity index (χ0n) is 12.3. The number of rotatable bonds is 3. The topological polar surface area (TPSA) is 46.6 Å². The number of esters is 1. The van der Waals surface area contributed by atoms with Crippen molar-refractivity contribution in [2.75, 3.05) is 11.4 Å². The van der Waals surface area contributed by atoms with Gasteiger partial charge in [-0.3, -0.25) is 9.59 Å². The SMILES string of the molecule is CC(C)(C)OC(=O)CCN1C(=O)CCCc2sccc21. The minimum atomic E-state index is -0.479. The van der Waals surface area contributed by atoms with Crippen LogP contribution in [0, 0.1) is 0 Å². The number of aryl methyl sites for hydroxylation is 1. The number of thiophene rings is 1. The Bertz CT molecular complexity index is 501. The van der Waals surface area contributed by atoms with Crippen molar-refractivity contribution in [3.63, 3.8) is 0 Å². The molecule has 0 saturated heterocycles. The number of ether oxygens (including phenoxy) is 1. The lowest BCUT2D eigenvalue weighted by Crippen LogP contribution is -2.33. The molecule has 0 bridgehead atoms. The van der Waals surface area contributed by atoms with Crippen molar-refractivity contribution in [1.29, 1.82) is 0 Å². The van der Waals surface area contributed by atoms with Gasteiger partial charge in [0.25, 0.3) is 0 Å². The van der Waals surface area contributed by atoms with Crippen molar-refractivity contribution in [2.24, 2.45) is 0 Å². The molecule has 1 amide bonds. The number of hydrogen-bond donors (Lipinski definition) is 0. The fourth-order valence-corrected chi connectivity index (χ4v) is 3.19. The van der Waals surface area contributed by atoms with E-state index >= 15 is 0 Å². The smallest absolute Gasteiger partial charge is 0.308 e. The molecule has 20 heavy (non-hydrogen) atoms. The molecule has 0 fully saturated rings. The molecule has 0 saturated carbocycles. The van der Waals surface area contributed by atoms with Gasteiger partial charge >= 0.3 is 5.97 Å². The summed E-state index contributed by atoms with van der Waals surface area (Å²) in [5, 5.41) is 2.00. The van der Waals surface area contributed by atoms with Gasteiger partial charge in [-0.15, -0.1) is 11.3 Å². The Labute approximate surface area is 123 Å². The summed E-state index contributed by atoms with van der Waals surface area (Å²) >= 11 is 1.68. The Morgan fingerprint density at radius 3 is 2.85 bits per heavy atom. The molecule has 5 heteroatoms. The van der Waals surface area contributed by atoms with Crippen molar-refractivity contribution in [3.05, 3.63) is 16.3 Å². The molecule has 0 spiro atoms. The monoisotopic (exact) mass is 295 g/mol. The third kappa shape index (κ3) is 3.82. The lowest BCUT2D eigenvalue weighted by Gasteiger charge is -2.23. The average molecular weight is 295 g/mol. The summed E-state index contributed by atoms with van der Waals surface area (Å²) in [6, 6.07) is 1.97. The van der Waals surface area contributed by atoms with E-state index in [0.29, 0.717) is 13.0 Å². The van der Waals surface area contributed by atoms with Crippen LogP contribution in [-0.4, -0.2) is 24.0 Å². The molecular formula is C15H21NO3S. The summed E-state index contributed by atoms with van der Waals surface area (Å²) < 4.78 is 5.29. The van der Waals surface area contributed by atoms with Gasteiger partial charge in [0.2, 0.25) is 5.91 Å². The molecule has 0 aromatic carbocycles. The van der Waals surface area contributed by atoms with E-state index in [1.165, 1.54) is 4.88 Å². The number of nitrogens with zero attached hydrogens (tertiary/aromatic N) is 1. The number of amides is 1. The quantitative estimate of drug-likeness (QED) is 0.805. The maximum atomic E-state index is 12.2.